The largest absolute Gasteiger partial charge is 0.481 e. The molecule has 15 heavy (non-hydrogen) atoms. The number of pyridine rings is 1. The van der Waals surface area contributed by atoms with Crippen LogP contribution in [0.15, 0.2) is 6.07 Å². The summed E-state index contributed by atoms with van der Waals surface area (Å²) < 4.78 is 37.6. The Bertz CT molecular complexity index is 370. The summed E-state index contributed by atoms with van der Waals surface area (Å²) in [7, 11) is 0. The Morgan fingerprint density at radius 3 is 2.60 bits per heavy atom. The molecule has 0 bridgehead atoms. The topological polar surface area (TPSA) is 50.2 Å². The summed E-state index contributed by atoms with van der Waals surface area (Å²) in [6.07, 6.45) is -3.43. The van der Waals surface area contributed by atoms with Crippen molar-refractivity contribution in [2.24, 2.45) is 0 Å². The zero-order valence-electron chi connectivity index (χ0n) is 7.80. The number of nitrogens with zero attached hydrogens (tertiary/aromatic N) is 1. The number of aliphatic carboxylic acids is 1. The molecule has 82 valence electrons. The third kappa shape index (κ3) is 2.68. The number of hydrogen-bond acceptors (Lipinski definition) is 2. The zero-order chi connectivity index (χ0) is 11.6. The summed E-state index contributed by atoms with van der Waals surface area (Å²) in [6.45, 7) is 1.29. The van der Waals surface area contributed by atoms with Gasteiger partial charge in [0.05, 0.1) is 17.7 Å². The molecule has 1 rings (SSSR count). The Balaban J connectivity index is 3.13. The molecule has 6 heteroatoms. The molecule has 0 fully saturated rings. The third-order valence-electron chi connectivity index (χ3n) is 1.82. The number of alkyl halides is 2. The fourth-order valence-corrected chi connectivity index (χ4v) is 1.22. The highest BCUT2D eigenvalue weighted by molar-refractivity contribution is 5.69. The second-order valence-electron chi connectivity index (χ2n) is 3.01. The molecule has 1 N–H and O–H groups in total. The first-order valence-corrected chi connectivity index (χ1v) is 4.07. The molecule has 0 aliphatic heterocycles. The van der Waals surface area contributed by atoms with E-state index in [4.69, 9.17) is 5.11 Å². The number of aromatic nitrogens is 1. The van der Waals surface area contributed by atoms with E-state index in [1.165, 1.54) is 6.92 Å². The molecule has 1 aromatic rings. The summed E-state index contributed by atoms with van der Waals surface area (Å²) in [5, 5.41) is 8.42. The maximum atomic E-state index is 13.0. The van der Waals surface area contributed by atoms with Crippen LogP contribution in [0, 0.1) is 12.9 Å². The van der Waals surface area contributed by atoms with Gasteiger partial charge in [-0.1, -0.05) is 0 Å². The minimum absolute atomic E-state index is 0.00810. The van der Waals surface area contributed by atoms with E-state index in [-0.39, 0.29) is 11.3 Å². The number of carboxylic acid groups (broad SMARTS) is 1. The van der Waals surface area contributed by atoms with Crippen molar-refractivity contribution in [3.05, 3.63) is 28.8 Å². The third-order valence-corrected chi connectivity index (χ3v) is 1.82. The molecule has 1 aromatic heterocycles. The van der Waals surface area contributed by atoms with Crippen molar-refractivity contribution < 1.29 is 23.1 Å². The summed E-state index contributed by atoms with van der Waals surface area (Å²) in [5.41, 5.74) is -0.834. The Morgan fingerprint density at radius 2 is 2.20 bits per heavy atom. The van der Waals surface area contributed by atoms with E-state index in [1.807, 2.05) is 0 Å². The second-order valence-corrected chi connectivity index (χ2v) is 3.01. The normalized spacial score (nSPS) is 10.7. The van der Waals surface area contributed by atoms with Crippen LogP contribution >= 0.6 is 0 Å². The lowest BCUT2D eigenvalue weighted by Gasteiger charge is -2.07. The number of carboxylic acids is 1. The predicted molar refractivity (Wildman–Crippen MR) is 45.2 cm³/mol. The molecule has 0 spiro atoms. The van der Waals surface area contributed by atoms with E-state index in [2.05, 4.69) is 4.98 Å². The smallest absolute Gasteiger partial charge is 0.309 e. The summed E-state index contributed by atoms with van der Waals surface area (Å²) in [5.74, 6) is -2.49. The van der Waals surface area contributed by atoms with Crippen LogP contribution in [0.1, 0.15) is 23.2 Å². The van der Waals surface area contributed by atoms with Crippen molar-refractivity contribution >= 4 is 5.97 Å². The van der Waals surface area contributed by atoms with Gasteiger partial charge in [0.2, 0.25) is 5.95 Å². The van der Waals surface area contributed by atoms with Crippen LogP contribution < -0.4 is 0 Å². The minimum atomic E-state index is -2.95. The van der Waals surface area contributed by atoms with Gasteiger partial charge < -0.3 is 5.11 Å². The van der Waals surface area contributed by atoms with Crippen LogP contribution in [0.5, 0.6) is 0 Å². The molecule has 0 saturated carbocycles. The van der Waals surface area contributed by atoms with Crippen LogP contribution in [0.4, 0.5) is 13.2 Å². The van der Waals surface area contributed by atoms with Gasteiger partial charge in [-0.2, -0.15) is 4.39 Å². The van der Waals surface area contributed by atoms with Crippen molar-refractivity contribution in [2.75, 3.05) is 0 Å². The van der Waals surface area contributed by atoms with E-state index in [0.29, 0.717) is 0 Å². The van der Waals surface area contributed by atoms with Gasteiger partial charge in [0.25, 0.3) is 6.43 Å². The predicted octanol–water partition coefficient (Wildman–Crippen LogP) is 2.09. The fourth-order valence-electron chi connectivity index (χ4n) is 1.22. The number of hydrogen-bond donors (Lipinski definition) is 1. The minimum Gasteiger partial charge on any atom is -0.481 e. The maximum absolute atomic E-state index is 13.0. The van der Waals surface area contributed by atoms with Crippen molar-refractivity contribution in [2.45, 2.75) is 19.8 Å². The lowest BCUT2D eigenvalue weighted by molar-refractivity contribution is -0.136. The zero-order valence-corrected chi connectivity index (χ0v) is 7.80. The number of carbonyl (C=O) groups is 1. The van der Waals surface area contributed by atoms with Crippen LogP contribution in [-0.2, 0) is 11.2 Å². The van der Waals surface area contributed by atoms with Crippen molar-refractivity contribution in [3.63, 3.8) is 0 Å². The SMILES string of the molecule is Cc1cc(CC(=O)O)nc(F)c1C(F)F. The van der Waals surface area contributed by atoms with Crippen LogP contribution in [0.3, 0.4) is 0 Å². The first-order valence-electron chi connectivity index (χ1n) is 4.07. The van der Waals surface area contributed by atoms with Gasteiger partial charge in [0, 0.05) is 0 Å². The van der Waals surface area contributed by atoms with E-state index >= 15 is 0 Å². The highest BCUT2D eigenvalue weighted by Crippen LogP contribution is 2.25. The quantitative estimate of drug-likeness (QED) is 0.792. The lowest BCUT2D eigenvalue weighted by Crippen LogP contribution is -2.07. The second kappa shape index (κ2) is 4.29. The van der Waals surface area contributed by atoms with Crippen molar-refractivity contribution in [3.8, 4) is 0 Å². The first-order chi connectivity index (χ1) is 6.91. The fraction of sp³-hybridized carbons (Fsp3) is 0.333. The molecule has 0 aromatic carbocycles. The van der Waals surface area contributed by atoms with Gasteiger partial charge in [0.15, 0.2) is 0 Å². The number of aryl methyl sites for hydroxylation is 1. The average Bonchev–Trinajstić information content (AvgIpc) is 1.99. The van der Waals surface area contributed by atoms with Gasteiger partial charge >= 0.3 is 5.97 Å². The molecule has 3 nitrogen and oxygen atoms in total. The molecule has 0 saturated heterocycles. The van der Waals surface area contributed by atoms with Crippen LogP contribution in [0.25, 0.3) is 0 Å². The summed E-state index contributed by atoms with van der Waals surface area (Å²) >= 11 is 0. The van der Waals surface area contributed by atoms with Crippen LogP contribution in [0.2, 0.25) is 0 Å². The van der Waals surface area contributed by atoms with Gasteiger partial charge in [-0.05, 0) is 18.6 Å². The Kier molecular flexibility index (Phi) is 3.28. The molecular weight excluding hydrogens is 211 g/mol. The standard InChI is InChI=1S/C9H8F3NO2/c1-4-2-5(3-6(14)15)13-9(12)7(4)8(10)11/h2,8H,3H2,1H3,(H,14,15). The van der Waals surface area contributed by atoms with Crippen molar-refractivity contribution in [1.29, 1.82) is 0 Å². The Labute approximate surface area is 83.6 Å². The highest BCUT2D eigenvalue weighted by Gasteiger charge is 2.19. The average molecular weight is 219 g/mol. The van der Waals surface area contributed by atoms with E-state index < -0.39 is 30.3 Å². The van der Waals surface area contributed by atoms with E-state index in [0.717, 1.165) is 6.07 Å². The van der Waals surface area contributed by atoms with E-state index in [1.54, 1.807) is 0 Å². The molecule has 0 radical (unpaired) electrons. The van der Waals surface area contributed by atoms with E-state index in [9.17, 15) is 18.0 Å². The Hall–Kier alpha value is -1.59. The maximum Gasteiger partial charge on any atom is 0.309 e. The molecule has 0 aliphatic carbocycles. The molecule has 0 amide bonds. The monoisotopic (exact) mass is 219 g/mol. The number of rotatable bonds is 3. The van der Waals surface area contributed by atoms with Gasteiger partial charge in [0.1, 0.15) is 0 Å². The molecule has 0 atom stereocenters. The van der Waals surface area contributed by atoms with Crippen LogP contribution in [-0.4, -0.2) is 16.1 Å². The summed E-state index contributed by atoms with van der Waals surface area (Å²) in [4.78, 5) is 13.5. The Morgan fingerprint density at radius 1 is 1.60 bits per heavy atom. The van der Waals surface area contributed by atoms with Crippen molar-refractivity contribution in [1.82, 2.24) is 4.98 Å². The molecule has 0 unspecified atom stereocenters. The molecular formula is C9H8F3NO2. The molecule has 0 aliphatic rings. The highest BCUT2D eigenvalue weighted by atomic mass is 19.3. The van der Waals surface area contributed by atoms with Gasteiger partial charge in [-0.25, -0.2) is 13.8 Å². The summed E-state index contributed by atoms with van der Waals surface area (Å²) in [6, 6.07) is 1.15. The molecule has 1 heterocycles. The van der Waals surface area contributed by atoms with Gasteiger partial charge in [-0.3, -0.25) is 4.79 Å². The van der Waals surface area contributed by atoms with Gasteiger partial charge in [-0.15, -0.1) is 0 Å². The first kappa shape index (κ1) is 11.5. The lowest BCUT2D eigenvalue weighted by atomic mass is 10.1. The number of halogens is 3.